The van der Waals surface area contributed by atoms with Crippen LogP contribution in [0.4, 0.5) is 0 Å². The zero-order valence-electron chi connectivity index (χ0n) is 13.0. The molecule has 3 N–H and O–H groups in total. The summed E-state index contributed by atoms with van der Waals surface area (Å²) in [5.41, 5.74) is 11.5. The minimum absolute atomic E-state index is 0.134. The lowest BCUT2D eigenvalue weighted by molar-refractivity contribution is 0.332. The predicted octanol–water partition coefficient (Wildman–Crippen LogP) is 2.81. The van der Waals surface area contributed by atoms with Crippen molar-refractivity contribution in [1.82, 2.24) is 15.1 Å². The lowest BCUT2D eigenvalue weighted by Crippen LogP contribution is -2.31. The van der Waals surface area contributed by atoms with E-state index in [9.17, 15) is 0 Å². The van der Waals surface area contributed by atoms with Gasteiger partial charge in [0.1, 0.15) is 0 Å². The van der Waals surface area contributed by atoms with Gasteiger partial charge in [0.2, 0.25) is 0 Å². The van der Waals surface area contributed by atoms with E-state index in [1.54, 1.807) is 0 Å². The molecule has 0 spiro atoms. The molecule has 2 aromatic rings. The van der Waals surface area contributed by atoms with Gasteiger partial charge in [-0.25, -0.2) is 0 Å². The Morgan fingerprint density at radius 2 is 1.86 bits per heavy atom. The summed E-state index contributed by atoms with van der Waals surface area (Å²) in [5, 5.41) is 8.49. The summed E-state index contributed by atoms with van der Waals surface area (Å²) in [6.07, 6.45) is 5.70. The Morgan fingerprint density at radius 3 is 2.64 bits per heavy atom. The van der Waals surface area contributed by atoms with Gasteiger partial charge in [-0.05, 0) is 45.2 Å². The number of aromatic nitrogens is 2. The van der Waals surface area contributed by atoms with E-state index in [-0.39, 0.29) is 6.04 Å². The highest BCUT2D eigenvalue weighted by Crippen LogP contribution is 2.38. The first-order valence-corrected chi connectivity index (χ1v) is 8.47. The fraction of sp³-hybridized carbons (Fsp3) is 0.500. The molecule has 0 bridgehead atoms. The quantitative estimate of drug-likeness (QED) is 0.896. The number of benzene rings is 1. The molecular weight excluding hydrogens is 272 g/mol. The molecule has 2 aliphatic rings. The Kier molecular flexibility index (Phi) is 3.72. The maximum absolute atomic E-state index is 6.46. The summed E-state index contributed by atoms with van der Waals surface area (Å²) in [7, 11) is 0. The van der Waals surface area contributed by atoms with Gasteiger partial charge < -0.3 is 11.1 Å². The van der Waals surface area contributed by atoms with Crippen LogP contribution in [0.15, 0.2) is 30.3 Å². The molecule has 0 amide bonds. The van der Waals surface area contributed by atoms with Crippen molar-refractivity contribution in [2.45, 2.75) is 44.2 Å². The third-order valence-electron chi connectivity index (χ3n) is 5.05. The van der Waals surface area contributed by atoms with Crippen LogP contribution in [-0.2, 0) is 6.42 Å². The lowest BCUT2D eigenvalue weighted by Gasteiger charge is -2.27. The topological polar surface area (TPSA) is 55.9 Å². The Labute approximate surface area is 131 Å². The summed E-state index contributed by atoms with van der Waals surface area (Å²) in [6, 6.07) is 11.2. The molecule has 1 aromatic carbocycles. The number of nitrogens with zero attached hydrogens (tertiary/aromatic N) is 2. The van der Waals surface area contributed by atoms with Gasteiger partial charge in [0.15, 0.2) is 0 Å². The Balaban J connectivity index is 1.83. The van der Waals surface area contributed by atoms with E-state index in [2.05, 4.69) is 40.3 Å². The number of nitrogens with one attached hydrogen (secondary N) is 1. The van der Waals surface area contributed by atoms with Crippen molar-refractivity contribution in [2.24, 2.45) is 5.73 Å². The Morgan fingerprint density at radius 1 is 1.09 bits per heavy atom. The Hall–Kier alpha value is -1.65. The highest BCUT2D eigenvalue weighted by molar-refractivity contribution is 5.65. The lowest BCUT2D eigenvalue weighted by atomic mass is 9.89. The van der Waals surface area contributed by atoms with Crippen LogP contribution in [0.3, 0.4) is 0 Å². The number of hydrogen-bond acceptors (Lipinski definition) is 3. The summed E-state index contributed by atoms with van der Waals surface area (Å²) >= 11 is 0. The fourth-order valence-corrected chi connectivity index (χ4v) is 3.92. The standard InChI is InChI=1S/C18H24N4/c19-15-7-4-8-16-17(15)18(13-5-2-1-3-6-13)21-22(16)14-9-11-20-12-10-14/h1-3,5-6,14-15,20H,4,7-12,19H2. The van der Waals surface area contributed by atoms with E-state index >= 15 is 0 Å². The normalized spacial score (nSPS) is 22.5. The van der Waals surface area contributed by atoms with E-state index < -0.39 is 0 Å². The van der Waals surface area contributed by atoms with Crippen LogP contribution in [0.5, 0.6) is 0 Å². The molecule has 1 aliphatic heterocycles. The fourth-order valence-electron chi connectivity index (χ4n) is 3.92. The van der Waals surface area contributed by atoms with Gasteiger partial charge in [0.05, 0.1) is 11.7 Å². The molecule has 4 nitrogen and oxygen atoms in total. The van der Waals surface area contributed by atoms with Crippen molar-refractivity contribution in [1.29, 1.82) is 0 Å². The summed E-state index contributed by atoms with van der Waals surface area (Å²) in [6.45, 7) is 2.18. The number of fused-ring (bicyclic) bond motifs is 1. The average molecular weight is 296 g/mol. The van der Waals surface area contributed by atoms with Crippen LogP contribution in [0, 0.1) is 0 Å². The van der Waals surface area contributed by atoms with Gasteiger partial charge in [-0.2, -0.15) is 5.10 Å². The van der Waals surface area contributed by atoms with Crippen LogP contribution < -0.4 is 11.1 Å². The smallest absolute Gasteiger partial charge is 0.0973 e. The molecule has 1 saturated heterocycles. The largest absolute Gasteiger partial charge is 0.324 e. The number of nitrogens with two attached hydrogens (primary N) is 1. The van der Waals surface area contributed by atoms with Gasteiger partial charge in [-0.15, -0.1) is 0 Å². The monoisotopic (exact) mass is 296 g/mol. The molecule has 0 radical (unpaired) electrons. The molecular formula is C18H24N4. The van der Waals surface area contributed by atoms with E-state index in [0.717, 1.165) is 44.5 Å². The van der Waals surface area contributed by atoms with E-state index in [1.807, 2.05) is 0 Å². The number of rotatable bonds is 2. The highest BCUT2D eigenvalue weighted by atomic mass is 15.3. The first kappa shape index (κ1) is 14.0. The third kappa shape index (κ3) is 2.36. The molecule has 2 heterocycles. The van der Waals surface area contributed by atoms with Crippen LogP contribution in [0.1, 0.15) is 49.0 Å². The van der Waals surface area contributed by atoms with Crippen molar-refractivity contribution in [3.8, 4) is 11.3 Å². The molecule has 1 aromatic heterocycles. The van der Waals surface area contributed by atoms with Gasteiger partial charge in [0.25, 0.3) is 0 Å². The first-order valence-electron chi connectivity index (χ1n) is 8.47. The van der Waals surface area contributed by atoms with Crippen molar-refractivity contribution < 1.29 is 0 Å². The second-order valence-electron chi connectivity index (χ2n) is 6.50. The third-order valence-corrected chi connectivity index (χ3v) is 5.05. The van der Waals surface area contributed by atoms with Crippen molar-refractivity contribution in [3.63, 3.8) is 0 Å². The SMILES string of the molecule is NC1CCCc2c1c(-c1ccccc1)nn2C1CCNCC1. The summed E-state index contributed by atoms with van der Waals surface area (Å²) in [5.74, 6) is 0. The predicted molar refractivity (Wildman–Crippen MR) is 88.7 cm³/mol. The molecule has 22 heavy (non-hydrogen) atoms. The summed E-state index contributed by atoms with van der Waals surface area (Å²) in [4.78, 5) is 0. The molecule has 1 atom stereocenters. The van der Waals surface area contributed by atoms with Crippen LogP contribution in [0.2, 0.25) is 0 Å². The maximum Gasteiger partial charge on any atom is 0.0973 e. The van der Waals surface area contributed by atoms with E-state index in [1.165, 1.54) is 23.2 Å². The summed E-state index contributed by atoms with van der Waals surface area (Å²) < 4.78 is 2.32. The van der Waals surface area contributed by atoms with E-state index in [4.69, 9.17) is 10.8 Å². The molecule has 116 valence electrons. The van der Waals surface area contributed by atoms with Crippen LogP contribution in [-0.4, -0.2) is 22.9 Å². The van der Waals surface area contributed by atoms with Crippen LogP contribution in [0.25, 0.3) is 11.3 Å². The number of hydrogen-bond donors (Lipinski definition) is 2. The van der Waals surface area contributed by atoms with Gasteiger partial charge in [0, 0.05) is 22.9 Å². The molecule has 4 heteroatoms. The average Bonchev–Trinajstić information content (AvgIpc) is 2.98. The van der Waals surface area contributed by atoms with Gasteiger partial charge in [-0.3, -0.25) is 4.68 Å². The molecule has 1 aliphatic carbocycles. The second-order valence-corrected chi connectivity index (χ2v) is 6.50. The van der Waals surface area contributed by atoms with Gasteiger partial charge in [-0.1, -0.05) is 30.3 Å². The zero-order chi connectivity index (χ0) is 14.9. The highest BCUT2D eigenvalue weighted by Gasteiger charge is 2.29. The molecule has 0 saturated carbocycles. The molecule has 1 unspecified atom stereocenters. The number of piperidine rings is 1. The van der Waals surface area contributed by atoms with Crippen molar-refractivity contribution in [3.05, 3.63) is 41.6 Å². The Bertz CT molecular complexity index is 641. The van der Waals surface area contributed by atoms with Crippen LogP contribution >= 0.6 is 0 Å². The second kappa shape index (κ2) is 5.86. The first-order chi connectivity index (χ1) is 10.8. The minimum atomic E-state index is 0.134. The molecule has 1 fully saturated rings. The zero-order valence-corrected chi connectivity index (χ0v) is 13.0. The van der Waals surface area contributed by atoms with Crippen molar-refractivity contribution in [2.75, 3.05) is 13.1 Å². The minimum Gasteiger partial charge on any atom is -0.324 e. The van der Waals surface area contributed by atoms with Gasteiger partial charge >= 0.3 is 0 Å². The molecule has 4 rings (SSSR count). The van der Waals surface area contributed by atoms with Crippen molar-refractivity contribution >= 4 is 0 Å². The maximum atomic E-state index is 6.46. The van der Waals surface area contributed by atoms with E-state index in [0.29, 0.717) is 6.04 Å².